The van der Waals surface area contributed by atoms with Crippen LogP contribution in [0.1, 0.15) is 16.1 Å². The molecule has 1 saturated heterocycles. The van der Waals surface area contributed by atoms with Crippen LogP contribution in [-0.4, -0.2) is 68.8 Å². The van der Waals surface area contributed by atoms with Crippen molar-refractivity contribution in [2.75, 3.05) is 38.1 Å². The first kappa shape index (κ1) is 21.3. The predicted octanol–water partition coefficient (Wildman–Crippen LogP) is 3.41. The number of hydrogen-bond acceptors (Lipinski definition) is 9. The Bertz CT molecular complexity index is 1540. The van der Waals surface area contributed by atoms with E-state index in [1.54, 1.807) is 30.9 Å². The lowest BCUT2D eigenvalue weighted by atomic mass is 10.0. The number of oxazole rings is 1. The highest BCUT2D eigenvalue weighted by Crippen LogP contribution is 2.24. The van der Waals surface area contributed by atoms with Gasteiger partial charge in [-0.25, -0.2) is 15.0 Å². The summed E-state index contributed by atoms with van der Waals surface area (Å²) in [6, 6.07) is 9.49. The Balaban J connectivity index is 1.24. The number of carbonyl (C=O) groups is 1. The van der Waals surface area contributed by atoms with Crippen LogP contribution in [0.15, 0.2) is 65.9 Å². The van der Waals surface area contributed by atoms with Crippen molar-refractivity contribution in [1.82, 2.24) is 29.8 Å². The van der Waals surface area contributed by atoms with Crippen LogP contribution < -0.4 is 4.90 Å². The number of carbonyl (C=O) groups excluding carboxylic acids is 1. The molecule has 0 radical (unpaired) electrons. The quantitative estimate of drug-likeness (QED) is 0.361. The molecule has 0 bridgehead atoms. The summed E-state index contributed by atoms with van der Waals surface area (Å²) in [6.45, 7) is 3.78. The second-order valence-corrected chi connectivity index (χ2v) is 8.79. The molecular weight excluding hydrogens is 442 g/mol. The summed E-state index contributed by atoms with van der Waals surface area (Å²) >= 11 is 0. The maximum Gasteiger partial charge on any atom is 0.246 e. The Labute approximate surface area is 201 Å². The third-order valence-corrected chi connectivity index (χ3v) is 6.38. The minimum absolute atomic E-state index is 0.0181. The lowest BCUT2D eigenvalue weighted by Gasteiger charge is -2.33. The van der Waals surface area contributed by atoms with E-state index in [1.165, 1.54) is 6.39 Å². The van der Waals surface area contributed by atoms with Gasteiger partial charge in [0.05, 0.1) is 12.1 Å². The first-order chi connectivity index (χ1) is 17.1. The van der Waals surface area contributed by atoms with Gasteiger partial charge in [-0.1, -0.05) is 0 Å². The highest BCUT2D eigenvalue weighted by Gasteiger charge is 2.17. The van der Waals surface area contributed by atoms with E-state index in [0.717, 1.165) is 54.0 Å². The average molecular weight is 466 g/mol. The summed E-state index contributed by atoms with van der Waals surface area (Å²) < 4.78 is 5.22. The highest BCUT2D eigenvalue weighted by molar-refractivity contribution is 5.98. The van der Waals surface area contributed by atoms with Crippen molar-refractivity contribution in [1.29, 1.82) is 0 Å². The summed E-state index contributed by atoms with van der Waals surface area (Å²) in [6.07, 6.45) is 8.56. The molecule has 1 aliphatic heterocycles. The molecule has 0 N–H and O–H groups in total. The molecule has 0 aliphatic carbocycles. The number of piperazine rings is 1. The maximum atomic E-state index is 13.1. The zero-order valence-electron chi connectivity index (χ0n) is 19.3. The lowest BCUT2D eigenvalue weighted by Crippen LogP contribution is -2.44. The number of anilines is 1. The lowest BCUT2D eigenvalue weighted by molar-refractivity contribution is 0.0992. The van der Waals surface area contributed by atoms with Crippen molar-refractivity contribution in [3.63, 3.8) is 0 Å². The zero-order chi connectivity index (χ0) is 23.8. The Kier molecular flexibility index (Phi) is 5.38. The van der Waals surface area contributed by atoms with Gasteiger partial charge < -0.3 is 14.2 Å². The van der Waals surface area contributed by atoms with Gasteiger partial charge in [-0.05, 0) is 42.8 Å². The van der Waals surface area contributed by atoms with Crippen LogP contribution in [0.3, 0.4) is 0 Å². The van der Waals surface area contributed by atoms with Gasteiger partial charge in [0.15, 0.2) is 12.2 Å². The summed E-state index contributed by atoms with van der Waals surface area (Å²) in [4.78, 5) is 39.6. The third-order valence-electron chi connectivity index (χ3n) is 6.38. The van der Waals surface area contributed by atoms with E-state index in [9.17, 15) is 4.79 Å². The average Bonchev–Trinajstić information content (AvgIpc) is 3.37. The fourth-order valence-corrected chi connectivity index (χ4v) is 4.30. The largest absolute Gasteiger partial charge is 0.425 e. The van der Waals surface area contributed by atoms with Crippen LogP contribution in [0, 0.1) is 0 Å². The molecule has 0 amide bonds. The van der Waals surface area contributed by atoms with Crippen LogP contribution in [0.4, 0.5) is 5.82 Å². The molecule has 0 spiro atoms. The highest BCUT2D eigenvalue weighted by atomic mass is 16.3. The van der Waals surface area contributed by atoms with Gasteiger partial charge in [0.1, 0.15) is 11.3 Å². The van der Waals surface area contributed by atoms with Crippen molar-refractivity contribution in [3.05, 3.63) is 72.8 Å². The summed E-state index contributed by atoms with van der Waals surface area (Å²) in [5, 5.41) is 1.86. The summed E-state index contributed by atoms with van der Waals surface area (Å²) in [5.74, 6) is 0.869. The monoisotopic (exact) mass is 465 g/mol. The Morgan fingerprint density at radius 3 is 2.66 bits per heavy atom. The van der Waals surface area contributed by atoms with E-state index < -0.39 is 0 Å². The van der Waals surface area contributed by atoms with Crippen molar-refractivity contribution in [2.45, 2.75) is 6.42 Å². The van der Waals surface area contributed by atoms with Crippen LogP contribution >= 0.6 is 0 Å². The van der Waals surface area contributed by atoms with E-state index in [2.05, 4.69) is 41.8 Å². The first-order valence-electron chi connectivity index (χ1n) is 11.5. The third kappa shape index (κ3) is 4.33. The zero-order valence-corrected chi connectivity index (χ0v) is 19.3. The van der Waals surface area contributed by atoms with Gasteiger partial charge in [0.2, 0.25) is 5.71 Å². The van der Waals surface area contributed by atoms with Gasteiger partial charge >= 0.3 is 0 Å². The number of rotatable bonds is 5. The van der Waals surface area contributed by atoms with Crippen LogP contribution in [-0.2, 0) is 6.42 Å². The van der Waals surface area contributed by atoms with E-state index >= 15 is 0 Å². The Hall–Kier alpha value is -4.24. The first-order valence-corrected chi connectivity index (χ1v) is 11.5. The second kappa shape index (κ2) is 8.84. The van der Waals surface area contributed by atoms with Gasteiger partial charge in [0.25, 0.3) is 0 Å². The number of nitrogens with zero attached hydrogens (tertiary/aromatic N) is 7. The van der Waals surface area contributed by atoms with Crippen molar-refractivity contribution >= 4 is 33.6 Å². The predicted molar refractivity (Wildman–Crippen MR) is 132 cm³/mol. The number of fused-ring (bicyclic) bond motifs is 2. The molecule has 9 nitrogen and oxygen atoms in total. The van der Waals surface area contributed by atoms with Gasteiger partial charge in [-0.15, -0.1) is 0 Å². The maximum absolute atomic E-state index is 13.1. The molecule has 174 valence electrons. The molecule has 0 aromatic carbocycles. The SMILES string of the molecule is CN1CCN(c2cc(C(=O)Cc3cc4cc(-c5cnc6ocnc6c5)ncc4cn3)ccn2)CC1. The van der Waals surface area contributed by atoms with Crippen LogP contribution in [0.2, 0.25) is 0 Å². The van der Waals surface area contributed by atoms with E-state index in [-0.39, 0.29) is 12.2 Å². The molecule has 35 heavy (non-hydrogen) atoms. The van der Waals surface area contributed by atoms with Gasteiger partial charge in [0, 0.05) is 73.2 Å². The molecule has 1 fully saturated rings. The smallest absolute Gasteiger partial charge is 0.246 e. The standard InChI is InChI=1S/C26H23N7O2/c1-32-4-6-33(7-5-32)25-11-17(2-3-27-25)24(34)12-21-8-18-9-22(29-15-20(18)14-28-21)19-10-23-26(30-13-19)35-16-31-23/h2-3,8-11,13-16H,4-7,12H2,1H3. The topological polar surface area (TPSA) is 101 Å². The van der Waals surface area contributed by atoms with Gasteiger partial charge in [-0.3, -0.25) is 14.8 Å². The second-order valence-electron chi connectivity index (χ2n) is 8.79. The number of likely N-dealkylation sites (N-methyl/N-ethyl adjacent to an activating group) is 1. The summed E-state index contributed by atoms with van der Waals surface area (Å²) in [7, 11) is 2.12. The number of pyridine rings is 4. The number of ketones is 1. The van der Waals surface area contributed by atoms with Crippen molar-refractivity contribution < 1.29 is 9.21 Å². The van der Waals surface area contributed by atoms with E-state index in [0.29, 0.717) is 22.5 Å². The molecular formula is C26H23N7O2. The number of Topliss-reactive ketones (excluding diaryl/α,β-unsaturated/α-hetero) is 1. The fourth-order valence-electron chi connectivity index (χ4n) is 4.30. The summed E-state index contributed by atoms with van der Waals surface area (Å²) in [5.41, 5.74) is 4.14. The number of aromatic nitrogens is 5. The molecule has 5 aromatic heterocycles. The van der Waals surface area contributed by atoms with Crippen LogP contribution in [0.5, 0.6) is 0 Å². The minimum atomic E-state index is 0.0181. The molecule has 0 saturated carbocycles. The Morgan fingerprint density at radius 2 is 1.77 bits per heavy atom. The van der Waals surface area contributed by atoms with E-state index in [1.807, 2.05) is 24.3 Å². The van der Waals surface area contributed by atoms with Crippen molar-refractivity contribution in [3.8, 4) is 11.3 Å². The normalized spacial score (nSPS) is 14.6. The fraction of sp³-hybridized carbons (Fsp3) is 0.231. The van der Waals surface area contributed by atoms with Crippen molar-refractivity contribution in [2.24, 2.45) is 0 Å². The molecule has 6 heterocycles. The number of hydrogen-bond donors (Lipinski definition) is 0. The molecule has 6 rings (SSSR count). The minimum Gasteiger partial charge on any atom is -0.425 e. The molecule has 1 aliphatic rings. The molecule has 0 unspecified atom stereocenters. The van der Waals surface area contributed by atoms with Gasteiger partial charge in [-0.2, -0.15) is 0 Å². The van der Waals surface area contributed by atoms with E-state index in [4.69, 9.17) is 4.42 Å². The molecule has 9 heteroatoms. The molecule has 0 atom stereocenters. The van der Waals surface area contributed by atoms with Crippen LogP contribution in [0.25, 0.3) is 33.3 Å². The molecule has 5 aromatic rings. The Morgan fingerprint density at radius 1 is 0.914 bits per heavy atom.